The number of hydrogen-bond donors (Lipinski definition) is 2. The van der Waals surface area contributed by atoms with E-state index < -0.39 is 11.9 Å². The fraction of sp³-hybridized carbons (Fsp3) is 0.208. The summed E-state index contributed by atoms with van der Waals surface area (Å²) in [5.74, 6) is -0.902. The highest BCUT2D eigenvalue weighted by Crippen LogP contribution is 2.33. The second kappa shape index (κ2) is 9.65. The number of rotatable bonds is 8. The minimum absolute atomic E-state index is 0.167. The van der Waals surface area contributed by atoms with Gasteiger partial charge in [0.25, 0.3) is 5.91 Å². The fourth-order valence-electron chi connectivity index (χ4n) is 3.66. The number of aromatic nitrogens is 2. The van der Waals surface area contributed by atoms with Crippen LogP contribution in [-0.2, 0) is 17.8 Å². The van der Waals surface area contributed by atoms with Crippen molar-refractivity contribution in [3.8, 4) is 5.75 Å². The van der Waals surface area contributed by atoms with Crippen LogP contribution in [0.5, 0.6) is 5.75 Å². The van der Waals surface area contributed by atoms with Gasteiger partial charge in [-0.25, -0.2) is 14.2 Å². The summed E-state index contributed by atoms with van der Waals surface area (Å²) in [4.78, 5) is 29.9. The molecule has 1 aromatic carbocycles. The van der Waals surface area contributed by atoms with Gasteiger partial charge in [-0.15, -0.1) is 0 Å². The number of carbonyl (C=O) groups is 2. The number of esters is 1. The summed E-state index contributed by atoms with van der Waals surface area (Å²) in [6.45, 7) is 2.44. The van der Waals surface area contributed by atoms with E-state index in [9.17, 15) is 14.0 Å². The predicted molar refractivity (Wildman–Crippen MR) is 124 cm³/mol. The average molecular weight is 466 g/mol. The van der Waals surface area contributed by atoms with Gasteiger partial charge in [-0.05, 0) is 37.3 Å². The third-order valence-electron chi connectivity index (χ3n) is 5.35. The molecule has 9 nitrogen and oxygen atoms in total. The number of nitrogens with one attached hydrogen (secondary N) is 2. The van der Waals surface area contributed by atoms with Gasteiger partial charge in [0, 0.05) is 24.0 Å². The van der Waals surface area contributed by atoms with E-state index in [0.717, 1.165) is 0 Å². The third kappa shape index (κ3) is 4.29. The second-order valence-electron chi connectivity index (χ2n) is 7.33. The normalized spacial score (nSPS) is 10.8. The number of methoxy groups -OCH3 is 2. The standard InChI is InChI=1S/C24H23FN4O5/c1-4-29-21(24(31)33-3)20(28-23(30)14-7-8-34-13-14)18-10-16(12-27-22(18)29)26-11-15-9-17(32-2)5-6-19(15)25/h5-10,12-13,26H,4,11H2,1-3H3,(H,28,30). The van der Waals surface area contributed by atoms with Crippen LogP contribution in [0, 0.1) is 5.82 Å². The fourth-order valence-corrected chi connectivity index (χ4v) is 3.66. The summed E-state index contributed by atoms with van der Waals surface area (Å²) in [5.41, 5.74) is 2.19. The number of pyridine rings is 1. The zero-order valence-electron chi connectivity index (χ0n) is 18.8. The zero-order valence-corrected chi connectivity index (χ0v) is 18.8. The van der Waals surface area contributed by atoms with Crippen molar-refractivity contribution in [3.05, 3.63) is 71.7 Å². The van der Waals surface area contributed by atoms with Crippen molar-refractivity contribution in [2.75, 3.05) is 24.9 Å². The quantitative estimate of drug-likeness (QED) is 0.370. The molecule has 0 spiro atoms. The summed E-state index contributed by atoms with van der Waals surface area (Å²) in [7, 11) is 2.78. The maximum Gasteiger partial charge on any atom is 0.356 e. The first-order valence-corrected chi connectivity index (χ1v) is 10.5. The first kappa shape index (κ1) is 22.8. The molecule has 0 radical (unpaired) electrons. The van der Waals surface area contributed by atoms with Crippen LogP contribution in [0.25, 0.3) is 11.0 Å². The monoisotopic (exact) mass is 466 g/mol. The Morgan fingerprint density at radius 3 is 2.71 bits per heavy atom. The van der Waals surface area contributed by atoms with E-state index in [1.54, 1.807) is 29.0 Å². The lowest BCUT2D eigenvalue weighted by Gasteiger charge is -2.10. The molecule has 1 amide bonds. The number of benzene rings is 1. The first-order valence-electron chi connectivity index (χ1n) is 10.5. The molecule has 0 aliphatic heterocycles. The molecule has 4 rings (SSSR count). The summed E-state index contributed by atoms with van der Waals surface area (Å²) in [5, 5.41) is 6.44. The van der Waals surface area contributed by atoms with Crippen molar-refractivity contribution in [3.63, 3.8) is 0 Å². The van der Waals surface area contributed by atoms with E-state index >= 15 is 0 Å². The van der Waals surface area contributed by atoms with Crippen LogP contribution in [0.4, 0.5) is 15.8 Å². The number of furan rings is 1. The van der Waals surface area contributed by atoms with Gasteiger partial charge in [-0.3, -0.25) is 4.79 Å². The summed E-state index contributed by atoms with van der Waals surface area (Å²) >= 11 is 0. The van der Waals surface area contributed by atoms with Crippen LogP contribution in [0.15, 0.2) is 53.5 Å². The van der Waals surface area contributed by atoms with Gasteiger partial charge in [0.15, 0.2) is 5.69 Å². The van der Waals surface area contributed by atoms with Crippen molar-refractivity contribution in [1.82, 2.24) is 9.55 Å². The molecule has 0 aliphatic rings. The maximum atomic E-state index is 14.2. The van der Waals surface area contributed by atoms with Gasteiger partial charge < -0.3 is 29.1 Å². The van der Waals surface area contributed by atoms with Crippen molar-refractivity contribution in [2.45, 2.75) is 20.0 Å². The minimum Gasteiger partial charge on any atom is -0.497 e. The smallest absolute Gasteiger partial charge is 0.356 e. The predicted octanol–water partition coefficient (Wildman–Crippen LogP) is 4.45. The second-order valence-corrected chi connectivity index (χ2v) is 7.33. The maximum absolute atomic E-state index is 14.2. The Hall–Kier alpha value is -4.34. The SMILES string of the molecule is CCn1c(C(=O)OC)c(NC(=O)c2ccoc2)c2cc(NCc3cc(OC)ccc3F)cnc21. The highest BCUT2D eigenvalue weighted by Gasteiger charge is 2.26. The number of aryl methyl sites for hydroxylation is 1. The van der Waals surface area contributed by atoms with E-state index in [1.807, 2.05) is 6.92 Å². The number of carbonyl (C=O) groups excluding carboxylic acids is 2. The number of nitrogens with zero attached hydrogens (tertiary/aromatic N) is 2. The van der Waals surface area contributed by atoms with Crippen LogP contribution < -0.4 is 15.4 Å². The number of fused-ring (bicyclic) bond motifs is 1. The Morgan fingerprint density at radius 2 is 2.03 bits per heavy atom. The molecule has 0 atom stereocenters. The first-order chi connectivity index (χ1) is 16.5. The molecule has 3 heterocycles. The van der Waals surface area contributed by atoms with E-state index in [2.05, 4.69) is 15.6 Å². The lowest BCUT2D eigenvalue weighted by atomic mass is 10.2. The number of ether oxygens (including phenoxy) is 2. The Bertz CT molecular complexity index is 1350. The van der Waals surface area contributed by atoms with Gasteiger partial charge in [-0.2, -0.15) is 0 Å². The van der Waals surface area contributed by atoms with Gasteiger partial charge >= 0.3 is 5.97 Å². The molecule has 4 aromatic rings. The third-order valence-corrected chi connectivity index (χ3v) is 5.35. The number of hydrogen-bond acceptors (Lipinski definition) is 7. The molecule has 176 valence electrons. The highest BCUT2D eigenvalue weighted by molar-refractivity contribution is 6.14. The zero-order chi connectivity index (χ0) is 24.2. The molecule has 0 saturated heterocycles. The molecule has 0 aliphatic carbocycles. The van der Waals surface area contributed by atoms with E-state index in [0.29, 0.717) is 40.1 Å². The van der Waals surface area contributed by atoms with Crippen molar-refractivity contribution >= 4 is 34.3 Å². The van der Waals surface area contributed by atoms with E-state index in [1.165, 1.54) is 38.9 Å². The van der Waals surface area contributed by atoms with Gasteiger partial charge in [0.1, 0.15) is 23.5 Å². The summed E-state index contributed by atoms with van der Waals surface area (Å²) in [6.07, 6.45) is 4.27. The molecule has 0 unspecified atom stereocenters. The van der Waals surface area contributed by atoms with E-state index in [-0.39, 0.29) is 23.7 Å². The molecule has 34 heavy (non-hydrogen) atoms. The Morgan fingerprint density at radius 1 is 1.21 bits per heavy atom. The molecule has 0 saturated carbocycles. The van der Waals surface area contributed by atoms with Gasteiger partial charge in [-0.1, -0.05) is 0 Å². The highest BCUT2D eigenvalue weighted by atomic mass is 19.1. The molecular weight excluding hydrogens is 443 g/mol. The summed E-state index contributed by atoms with van der Waals surface area (Å²) < 4.78 is 31.0. The van der Waals surface area contributed by atoms with Crippen molar-refractivity contribution < 1.29 is 27.9 Å². The van der Waals surface area contributed by atoms with Crippen molar-refractivity contribution in [2.24, 2.45) is 0 Å². The van der Waals surface area contributed by atoms with Crippen LogP contribution in [0.1, 0.15) is 33.3 Å². The topological polar surface area (TPSA) is 108 Å². The molecule has 2 N–H and O–H groups in total. The molecule has 0 fully saturated rings. The van der Waals surface area contributed by atoms with Crippen LogP contribution in [0.3, 0.4) is 0 Å². The van der Waals surface area contributed by atoms with Gasteiger partial charge in [0.2, 0.25) is 0 Å². The molecule has 0 bridgehead atoms. The van der Waals surface area contributed by atoms with Crippen LogP contribution in [0.2, 0.25) is 0 Å². The molecule has 3 aromatic heterocycles. The Balaban J connectivity index is 1.74. The van der Waals surface area contributed by atoms with E-state index in [4.69, 9.17) is 13.9 Å². The number of halogens is 1. The average Bonchev–Trinajstić information content (AvgIpc) is 3.50. The number of amides is 1. The Labute approximate surface area is 194 Å². The molecule has 10 heteroatoms. The van der Waals surface area contributed by atoms with Crippen molar-refractivity contribution in [1.29, 1.82) is 0 Å². The number of anilines is 2. The lowest BCUT2D eigenvalue weighted by Crippen LogP contribution is -2.16. The molecular formula is C24H23FN4O5. The van der Waals surface area contributed by atoms with Crippen LogP contribution >= 0.6 is 0 Å². The van der Waals surface area contributed by atoms with Crippen LogP contribution in [-0.4, -0.2) is 35.6 Å². The summed E-state index contributed by atoms with van der Waals surface area (Å²) in [6, 6.07) is 7.74. The minimum atomic E-state index is -0.615. The lowest BCUT2D eigenvalue weighted by molar-refractivity contribution is 0.0590. The Kier molecular flexibility index (Phi) is 6.48. The van der Waals surface area contributed by atoms with Gasteiger partial charge in [0.05, 0.1) is 43.6 Å². The largest absolute Gasteiger partial charge is 0.497 e.